The molecular weight excluding hydrogens is 581 g/mol. The molecule has 2 atom stereocenters. The molecule has 0 unspecified atom stereocenters. The number of alkyl halides is 6. The fourth-order valence-corrected chi connectivity index (χ4v) is 5.49. The summed E-state index contributed by atoms with van der Waals surface area (Å²) in [5, 5.41) is 0. The van der Waals surface area contributed by atoms with E-state index in [9.17, 15) is 40.3 Å². The highest BCUT2D eigenvalue weighted by Crippen LogP contribution is 2.41. The summed E-state index contributed by atoms with van der Waals surface area (Å²) in [4.78, 5) is 30.0. The Morgan fingerprint density at radius 1 is 0.907 bits per heavy atom. The van der Waals surface area contributed by atoms with Crippen molar-refractivity contribution in [2.75, 3.05) is 19.6 Å². The van der Waals surface area contributed by atoms with Gasteiger partial charge in [-0.25, -0.2) is 9.18 Å². The van der Waals surface area contributed by atoms with Crippen LogP contribution in [0.15, 0.2) is 36.4 Å². The number of halogens is 7. The van der Waals surface area contributed by atoms with E-state index in [1.54, 1.807) is 40.7 Å². The number of aryl methyl sites for hydroxylation is 1. The van der Waals surface area contributed by atoms with E-state index in [1.807, 2.05) is 0 Å². The molecule has 0 aliphatic carbocycles. The van der Waals surface area contributed by atoms with Gasteiger partial charge in [0.05, 0.1) is 16.5 Å². The number of amides is 2. The Bertz CT molecular complexity index is 1310. The lowest BCUT2D eigenvalue weighted by Gasteiger charge is -2.46. The molecule has 2 amide bonds. The molecule has 43 heavy (non-hydrogen) atoms. The first-order valence-electron chi connectivity index (χ1n) is 13.9. The Morgan fingerprint density at radius 2 is 1.44 bits per heavy atom. The number of hydrogen-bond donors (Lipinski definition) is 0. The van der Waals surface area contributed by atoms with Crippen molar-refractivity contribution in [1.82, 2.24) is 9.80 Å². The van der Waals surface area contributed by atoms with Crippen molar-refractivity contribution < 1.29 is 45.1 Å². The third-order valence-electron chi connectivity index (χ3n) is 7.71. The summed E-state index contributed by atoms with van der Waals surface area (Å²) >= 11 is 0. The minimum atomic E-state index is -5.07. The Morgan fingerprint density at radius 3 is 1.91 bits per heavy atom. The van der Waals surface area contributed by atoms with Crippen LogP contribution in [0.1, 0.15) is 81.7 Å². The van der Waals surface area contributed by atoms with E-state index in [2.05, 4.69) is 0 Å². The minimum absolute atomic E-state index is 0.0291. The van der Waals surface area contributed by atoms with Crippen LogP contribution in [0.2, 0.25) is 0 Å². The molecule has 5 nitrogen and oxygen atoms in total. The zero-order valence-electron chi connectivity index (χ0n) is 25.2. The lowest BCUT2D eigenvalue weighted by Crippen LogP contribution is -2.56. The summed E-state index contributed by atoms with van der Waals surface area (Å²) in [5.41, 5.74) is -4.79. The van der Waals surface area contributed by atoms with Gasteiger partial charge < -0.3 is 14.5 Å². The number of piperidine rings is 1. The largest absolute Gasteiger partial charge is 0.444 e. The first kappa shape index (κ1) is 34.2. The molecule has 1 aliphatic rings. The van der Waals surface area contributed by atoms with Crippen molar-refractivity contribution in [1.29, 1.82) is 0 Å². The first-order valence-corrected chi connectivity index (χ1v) is 13.9. The lowest BCUT2D eigenvalue weighted by molar-refractivity contribution is -0.144. The molecule has 1 saturated heterocycles. The van der Waals surface area contributed by atoms with Gasteiger partial charge in [0.2, 0.25) is 5.91 Å². The summed E-state index contributed by atoms with van der Waals surface area (Å²) in [6.45, 7) is 11.5. The van der Waals surface area contributed by atoms with E-state index in [-0.39, 0.29) is 32.1 Å². The Balaban J connectivity index is 2.07. The number of ether oxygens (including phenoxy) is 1. The highest BCUT2D eigenvalue weighted by Gasteiger charge is 2.45. The summed E-state index contributed by atoms with van der Waals surface area (Å²) in [6, 6.07) is 4.72. The summed E-state index contributed by atoms with van der Waals surface area (Å²) < 4.78 is 101. The average Bonchev–Trinajstić information content (AvgIpc) is 2.87. The third kappa shape index (κ3) is 7.80. The van der Waals surface area contributed by atoms with Crippen LogP contribution >= 0.6 is 0 Å². The van der Waals surface area contributed by atoms with Gasteiger partial charge in [-0.2, -0.15) is 26.3 Å². The molecule has 2 aromatic carbocycles. The van der Waals surface area contributed by atoms with E-state index in [0.717, 1.165) is 0 Å². The maximum atomic E-state index is 14.1. The van der Waals surface area contributed by atoms with Crippen molar-refractivity contribution in [3.63, 3.8) is 0 Å². The molecule has 1 fully saturated rings. The van der Waals surface area contributed by atoms with Gasteiger partial charge in [0.1, 0.15) is 11.4 Å². The maximum absolute atomic E-state index is 14.1. The second kappa shape index (κ2) is 12.0. The number of likely N-dealkylation sites (N-methyl/N-ethyl adjacent to an activating group) is 1. The number of carbonyl (C=O) groups is 2. The summed E-state index contributed by atoms with van der Waals surface area (Å²) in [5.74, 6) is -1.70. The van der Waals surface area contributed by atoms with Gasteiger partial charge in [-0.1, -0.05) is 6.07 Å². The van der Waals surface area contributed by atoms with E-state index in [1.165, 1.54) is 35.8 Å². The van der Waals surface area contributed by atoms with Crippen LogP contribution in [0.3, 0.4) is 0 Å². The van der Waals surface area contributed by atoms with Gasteiger partial charge in [-0.3, -0.25) is 4.79 Å². The van der Waals surface area contributed by atoms with Crippen LogP contribution in [-0.4, -0.2) is 53.1 Å². The number of benzene rings is 2. The second-order valence-corrected chi connectivity index (χ2v) is 12.4. The Labute approximate surface area is 247 Å². The van der Waals surface area contributed by atoms with Crippen LogP contribution in [0.25, 0.3) is 0 Å². The van der Waals surface area contributed by atoms with Crippen molar-refractivity contribution in [2.45, 2.75) is 90.2 Å². The van der Waals surface area contributed by atoms with Gasteiger partial charge in [-0.05, 0) is 102 Å². The minimum Gasteiger partial charge on any atom is -0.444 e. The third-order valence-corrected chi connectivity index (χ3v) is 7.71. The van der Waals surface area contributed by atoms with Crippen molar-refractivity contribution in [3.8, 4) is 0 Å². The molecule has 1 heterocycles. The molecule has 0 N–H and O–H groups in total. The summed E-state index contributed by atoms with van der Waals surface area (Å²) in [7, 11) is 0. The maximum Gasteiger partial charge on any atom is 0.416 e. The average molecular weight is 619 g/mol. The molecule has 2 aromatic rings. The molecule has 0 spiro atoms. The molecule has 0 bridgehead atoms. The van der Waals surface area contributed by atoms with Crippen LogP contribution in [0, 0.1) is 12.7 Å². The Hall–Kier alpha value is -3.31. The highest BCUT2D eigenvalue weighted by atomic mass is 19.4. The van der Waals surface area contributed by atoms with E-state index < -0.39 is 69.8 Å². The fourth-order valence-electron chi connectivity index (χ4n) is 5.49. The van der Waals surface area contributed by atoms with Gasteiger partial charge >= 0.3 is 18.4 Å². The fraction of sp³-hybridized carbons (Fsp3) is 0.548. The quantitative estimate of drug-likeness (QED) is 0.319. The summed E-state index contributed by atoms with van der Waals surface area (Å²) in [6.07, 6.45) is -10.5. The number of carbonyl (C=O) groups excluding carboxylic acids is 2. The topological polar surface area (TPSA) is 49.9 Å². The second-order valence-electron chi connectivity index (χ2n) is 12.4. The van der Waals surface area contributed by atoms with Crippen LogP contribution in [0.4, 0.5) is 35.5 Å². The van der Waals surface area contributed by atoms with Crippen molar-refractivity contribution in [2.24, 2.45) is 0 Å². The highest BCUT2D eigenvalue weighted by molar-refractivity contribution is 5.88. The predicted molar refractivity (Wildman–Crippen MR) is 147 cm³/mol. The predicted octanol–water partition coefficient (Wildman–Crippen LogP) is 8.09. The van der Waals surface area contributed by atoms with Crippen molar-refractivity contribution in [3.05, 3.63) is 70.0 Å². The molecule has 238 valence electrons. The van der Waals surface area contributed by atoms with Gasteiger partial charge in [0.25, 0.3) is 0 Å². The lowest BCUT2D eigenvalue weighted by atomic mass is 9.78. The van der Waals surface area contributed by atoms with Crippen molar-refractivity contribution >= 4 is 12.0 Å². The molecule has 0 aromatic heterocycles. The number of hydrogen-bond acceptors (Lipinski definition) is 3. The van der Waals surface area contributed by atoms with Crippen LogP contribution < -0.4 is 0 Å². The molecule has 3 rings (SSSR count). The number of likely N-dealkylation sites (tertiary alicyclic amines) is 1. The zero-order chi connectivity index (χ0) is 32.7. The first-order chi connectivity index (χ1) is 19.6. The smallest absolute Gasteiger partial charge is 0.416 e. The SMILES string of the molecule is CCN(C(=O)C(C)(C)c1cc(C(F)(F)F)cc(C(F)(F)F)c1)[C@@H]1CCN(C(=O)OC(C)(C)C)C[C@H]1c1ccc(F)cc1C. The van der Waals surface area contributed by atoms with E-state index >= 15 is 0 Å². The molecule has 0 radical (unpaired) electrons. The zero-order valence-corrected chi connectivity index (χ0v) is 25.2. The van der Waals surface area contributed by atoms with Crippen LogP contribution in [0.5, 0.6) is 0 Å². The monoisotopic (exact) mass is 618 g/mol. The van der Waals surface area contributed by atoms with E-state index in [4.69, 9.17) is 4.74 Å². The number of nitrogens with zero attached hydrogens (tertiary/aromatic N) is 2. The van der Waals surface area contributed by atoms with Gasteiger partial charge in [0, 0.05) is 31.6 Å². The van der Waals surface area contributed by atoms with E-state index in [0.29, 0.717) is 23.3 Å². The molecule has 1 aliphatic heterocycles. The molecular formula is C31H37F7N2O3. The molecule has 12 heteroatoms. The standard InChI is InChI=1S/C31H37F7N2O3/c1-8-40(26(41)29(6,7)19-14-20(30(33,34)35)16-21(15-19)31(36,37)38)25-11-12-39(27(42)43-28(3,4)5)17-24(25)23-10-9-22(32)13-18(23)2/h9-10,13-16,24-25H,8,11-12,17H2,1-7H3/t24-,25+/m0/s1. The Kier molecular flexibility index (Phi) is 9.54. The van der Waals surface area contributed by atoms with Gasteiger partial charge in [0.15, 0.2) is 0 Å². The normalized spacial score (nSPS) is 18.4. The van der Waals surface area contributed by atoms with Gasteiger partial charge in [-0.15, -0.1) is 0 Å². The van der Waals surface area contributed by atoms with Crippen LogP contribution in [-0.2, 0) is 27.3 Å². The number of rotatable bonds is 5. The molecule has 0 saturated carbocycles.